The first-order valence-corrected chi connectivity index (χ1v) is 7.14. The van der Waals surface area contributed by atoms with Gasteiger partial charge in [-0.25, -0.2) is 0 Å². The first-order valence-electron chi connectivity index (χ1n) is 7.14. The van der Waals surface area contributed by atoms with Crippen LogP contribution in [0.1, 0.15) is 45.1 Å². The van der Waals surface area contributed by atoms with Crippen molar-refractivity contribution in [2.24, 2.45) is 0 Å². The predicted molar refractivity (Wildman–Crippen MR) is 76.4 cm³/mol. The van der Waals surface area contributed by atoms with Gasteiger partial charge in [-0.3, -0.25) is 4.79 Å². The molecule has 1 aromatic carbocycles. The van der Waals surface area contributed by atoms with Gasteiger partial charge >= 0.3 is 0 Å². The van der Waals surface area contributed by atoms with Gasteiger partial charge in [0.1, 0.15) is 5.75 Å². The van der Waals surface area contributed by atoms with Gasteiger partial charge in [-0.15, -0.1) is 0 Å². The first kappa shape index (κ1) is 13.9. The van der Waals surface area contributed by atoms with E-state index in [2.05, 4.69) is 19.9 Å². The molecule has 104 valence electrons. The van der Waals surface area contributed by atoms with Crippen LogP contribution in [0.5, 0.6) is 5.75 Å². The molecule has 3 nitrogen and oxygen atoms in total. The van der Waals surface area contributed by atoms with Crippen LogP contribution >= 0.6 is 0 Å². The zero-order valence-electron chi connectivity index (χ0n) is 12.1. The van der Waals surface area contributed by atoms with Crippen molar-refractivity contribution in [3.05, 3.63) is 29.8 Å². The number of nitrogens with zero attached hydrogens (tertiary/aromatic N) is 1. The van der Waals surface area contributed by atoms with Crippen LogP contribution in [0.15, 0.2) is 24.3 Å². The fraction of sp³-hybridized carbons (Fsp3) is 0.562. The number of para-hydroxylation sites is 1. The molecule has 3 heteroatoms. The third kappa shape index (κ3) is 3.28. The number of benzene rings is 1. The van der Waals surface area contributed by atoms with E-state index in [1.54, 1.807) is 0 Å². The summed E-state index contributed by atoms with van der Waals surface area (Å²) in [5.41, 5.74) is 1.16. The molecule has 1 aliphatic heterocycles. The molecular formula is C16H23NO2. The number of hydrogen-bond acceptors (Lipinski definition) is 2. The highest BCUT2D eigenvalue weighted by Crippen LogP contribution is 2.27. The number of rotatable bonds is 4. The lowest BCUT2D eigenvalue weighted by Gasteiger charge is -2.23. The number of hydrogen-bond donors (Lipinski definition) is 0. The van der Waals surface area contributed by atoms with Gasteiger partial charge in [-0.05, 0) is 37.3 Å². The van der Waals surface area contributed by atoms with E-state index in [4.69, 9.17) is 4.74 Å². The van der Waals surface area contributed by atoms with E-state index in [1.807, 2.05) is 30.0 Å². The van der Waals surface area contributed by atoms with E-state index in [1.165, 1.54) is 0 Å². The van der Waals surface area contributed by atoms with Gasteiger partial charge in [0.2, 0.25) is 0 Å². The summed E-state index contributed by atoms with van der Waals surface area (Å²) in [6.45, 7) is 7.86. The van der Waals surface area contributed by atoms with E-state index < -0.39 is 6.10 Å². The average molecular weight is 261 g/mol. The molecular weight excluding hydrogens is 238 g/mol. The molecule has 0 spiro atoms. The summed E-state index contributed by atoms with van der Waals surface area (Å²) in [5, 5.41) is 0. The SMILES string of the molecule is CC(C)c1ccccc1O[C@H](C)C(=O)N1CCCC1. The molecule has 19 heavy (non-hydrogen) atoms. The highest BCUT2D eigenvalue weighted by molar-refractivity contribution is 5.81. The fourth-order valence-electron chi connectivity index (χ4n) is 2.50. The Morgan fingerprint density at radius 3 is 2.42 bits per heavy atom. The molecule has 0 unspecified atom stereocenters. The molecule has 0 aromatic heterocycles. The van der Waals surface area contributed by atoms with Gasteiger partial charge in [0.05, 0.1) is 0 Å². The molecule has 1 heterocycles. The van der Waals surface area contributed by atoms with Crippen LogP contribution in [0.25, 0.3) is 0 Å². The average Bonchev–Trinajstić information content (AvgIpc) is 2.92. The zero-order chi connectivity index (χ0) is 13.8. The summed E-state index contributed by atoms with van der Waals surface area (Å²) in [6, 6.07) is 7.97. The number of amides is 1. The Morgan fingerprint density at radius 2 is 1.79 bits per heavy atom. The normalized spacial score (nSPS) is 16.7. The van der Waals surface area contributed by atoms with Crippen molar-refractivity contribution in [3.8, 4) is 5.75 Å². The number of ether oxygens (including phenoxy) is 1. The molecule has 0 saturated carbocycles. The Hall–Kier alpha value is -1.51. The van der Waals surface area contributed by atoms with Gasteiger partial charge in [-0.1, -0.05) is 32.0 Å². The smallest absolute Gasteiger partial charge is 0.263 e. The summed E-state index contributed by atoms with van der Waals surface area (Å²) in [7, 11) is 0. The van der Waals surface area contributed by atoms with Crippen molar-refractivity contribution < 1.29 is 9.53 Å². The van der Waals surface area contributed by atoms with E-state index >= 15 is 0 Å². The van der Waals surface area contributed by atoms with Gasteiger partial charge < -0.3 is 9.64 Å². The van der Waals surface area contributed by atoms with Crippen molar-refractivity contribution >= 4 is 5.91 Å². The van der Waals surface area contributed by atoms with Crippen LogP contribution in [0, 0.1) is 0 Å². The molecule has 0 bridgehead atoms. The molecule has 0 N–H and O–H groups in total. The predicted octanol–water partition coefficient (Wildman–Crippen LogP) is 3.20. The van der Waals surface area contributed by atoms with Crippen LogP contribution in [0.2, 0.25) is 0 Å². The molecule has 1 amide bonds. The highest BCUT2D eigenvalue weighted by atomic mass is 16.5. The van der Waals surface area contributed by atoms with Crippen molar-refractivity contribution in [1.29, 1.82) is 0 Å². The lowest BCUT2D eigenvalue weighted by atomic mass is 10.0. The second kappa shape index (κ2) is 6.09. The number of likely N-dealkylation sites (tertiary alicyclic amines) is 1. The summed E-state index contributed by atoms with van der Waals surface area (Å²) >= 11 is 0. The van der Waals surface area contributed by atoms with Gasteiger partial charge in [0.25, 0.3) is 5.91 Å². The van der Waals surface area contributed by atoms with E-state index in [0.717, 1.165) is 37.2 Å². The largest absolute Gasteiger partial charge is 0.481 e. The monoisotopic (exact) mass is 261 g/mol. The Kier molecular flexibility index (Phi) is 4.46. The topological polar surface area (TPSA) is 29.5 Å². The molecule has 1 saturated heterocycles. The molecule has 1 fully saturated rings. The van der Waals surface area contributed by atoms with Crippen LogP contribution in [0.4, 0.5) is 0 Å². The first-order chi connectivity index (χ1) is 9.09. The maximum absolute atomic E-state index is 12.2. The molecule has 1 atom stereocenters. The zero-order valence-corrected chi connectivity index (χ0v) is 12.1. The maximum Gasteiger partial charge on any atom is 0.263 e. The third-order valence-electron chi connectivity index (χ3n) is 3.61. The van der Waals surface area contributed by atoms with Crippen LogP contribution in [0.3, 0.4) is 0 Å². The van der Waals surface area contributed by atoms with E-state index in [9.17, 15) is 4.79 Å². The molecule has 2 rings (SSSR count). The molecule has 0 radical (unpaired) electrons. The van der Waals surface area contributed by atoms with Crippen molar-refractivity contribution in [2.45, 2.75) is 45.6 Å². The second-order valence-corrected chi connectivity index (χ2v) is 5.48. The Morgan fingerprint density at radius 1 is 1.16 bits per heavy atom. The third-order valence-corrected chi connectivity index (χ3v) is 3.61. The molecule has 0 aliphatic carbocycles. The Labute approximate surface area is 115 Å². The highest BCUT2D eigenvalue weighted by Gasteiger charge is 2.25. The maximum atomic E-state index is 12.2. The van der Waals surface area contributed by atoms with Crippen molar-refractivity contribution in [3.63, 3.8) is 0 Å². The Balaban J connectivity index is 2.06. The van der Waals surface area contributed by atoms with Gasteiger partial charge in [0.15, 0.2) is 6.10 Å². The lowest BCUT2D eigenvalue weighted by Crippen LogP contribution is -2.38. The van der Waals surface area contributed by atoms with Crippen LogP contribution in [-0.4, -0.2) is 30.0 Å². The molecule has 1 aliphatic rings. The van der Waals surface area contributed by atoms with E-state index in [0.29, 0.717) is 5.92 Å². The van der Waals surface area contributed by atoms with Crippen LogP contribution in [-0.2, 0) is 4.79 Å². The van der Waals surface area contributed by atoms with Gasteiger partial charge in [-0.2, -0.15) is 0 Å². The second-order valence-electron chi connectivity index (χ2n) is 5.48. The quantitative estimate of drug-likeness (QED) is 0.833. The Bertz CT molecular complexity index is 436. The fourth-order valence-corrected chi connectivity index (χ4v) is 2.50. The number of carbonyl (C=O) groups excluding carboxylic acids is 1. The minimum absolute atomic E-state index is 0.107. The van der Waals surface area contributed by atoms with E-state index in [-0.39, 0.29) is 5.91 Å². The minimum atomic E-state index is -0.405. The summed E-state index contributed by atoms with van der Waals surface area (Å²) in [6.07, 6.45) is 1.82. The standard InChI is InChI=1S/C16H23NO2/c1-12(2)14-8-4-5-9-15(14)19-13(3)16(18)17-10-6-7-11-17/h4-5,8-9,12-13H,6-7,10-11H2,1-3H3/t13-/m1/s1. The lowest BCUT2D eigenvalue weighted by molar-refractivity contribution is -0.136. The molecule has 1 aromatic rings. The van der Waals surface area contributed by atoms with Crippen molar-refractivity contribution in [2.75, 3.05) is 13.1 Å². The van der Waals surface area contributed by atoms with Crippen LogP contribution < -0.4 is 4.74 Å². The van der Waals surface area contributed by atoms with Crippen molar-refractivity contribution in [1.82, 2.24) is 4.90 Å². The summed E-state index contributed by atoms with van der Waals surface area (Å²) in [5.74, 6) is 1.33. The van der Waals surface area contributed by atoms with Gasteiger partial charge in [0, 0.05) is 13.1 Å². The summed E-state index contributed by atoms with van der Waals surface area (Å²) in [4.78, 5) is 14.1. The number of carbonyl (C=O) groups is 1. The minimum Gasteiger partial charge on any atom is -0.481 e. The summed E-state index contributed by atoms with van der Waals surface area (Å²) < 4.78 is 5.89.